The second kappa shape index (κ2) is 7.22. The van der Waals surface area contributed by atoms with E-state index in [1.165, 1.54) is 18.5 Å². The van der Waals surface area contributed by atoms with Crippen LogP contribution in [0.3, 0.4) is 0 Å². The van der Waals surface area contributed by atoms with Crippen LogP contribution in [0.1, 0.15) is 12.8 Å². The highest BCUT2D eigenvalue weighted by atomic mass is 19.1. The number of nitrogens with one attached hydrogen (secondary N) is 1. The quantitative estimate of drug-likeness (QED) is 0.753. The van der Waals surface area contributed by atoms with Crippen molar-refractivity contribution < 1.29 is 14.0 Å². The molecule has 1 aliphatic heterocycles. The average molecular weight is 380 g/mol. The lowest BCUT2D eigenvalue weighted by Gasteiger charge is -2.20. The molecule has 1 saturated heterocycles. The number of fused-ring (bicyclic) bond motifs is 1. The van der Waals surface area contributed by atoms with Crippen LogP contribution >= 0.6 is 0 Å². The molecule has 28 heavy (non-hydrogen) atoms. The predicted molar refractivity (Wildman–Crippen MR) is 103 cm³/mol. The van der Waals surface area contributed by atoms with E-state index >= 15 is 0 Å². The van der Waals surface area contributed by atoms with Crippen LogP contribution in [-0.2, 0) is 16.1 Å². The number of rotatable bonds is 4. The molecule has 2 amide bonds. The highest BCUT2D eigenvalue weighted by Crippen LogP contribution is 2.29. The van der Waals surface area contributed by atoms with Gasteiger partial charge < -0.3 is 10.2 Å². The first-order valence-corrected chi connectivity index (χ1v) is 8.87. The summed E-state index contributed by atoms with van der Waals surface area (Å²) < 4.78 is 14.6. The minimum absolute atomic E-state index is 0.0127. The predicted octanol–water partition coefficient (Wildman–Crippen LogP) is 2.30. The summed E-state index contributed by atoms with van der Waals surface area (Å²) in [5.74, 6) is -0.977. The van der Waals surface area contributed by atoms with Crippen LogP contribution < -0.4 is 15.8 Å². The van der Waals surface area contributed by atoms with E-state index in [0.717, 1.165) is 17.1 Å². The molecule has 1 N–H and O–H groups in total. The molecular formula is C20H17FN4O3. The van der Waals surface area contributed by atoms with E-state index in [4.69, 9.17) is 0 Å². The Morgan fingerprint density at radius 1 is 1.18 bits per heavy atom. The van der Waals surface area contributed by atoms with Crippen LogP contribution in [0, 0.1) is 5.82 Å². The van der Waals surface area contributed by atoms with Gasteiger partial charge in [-0.15, -0.1) is 0 Å². The monoisotopic (exact) mass is 380 g/mol. The van der Waals surface area contributed by atoms with Gasteiger partial charge in [0.2, 0.25) is 11.8 Å². The number of para-hydroxylation sites is 2. The van der Waals surface area contributed by atoms with Gasteiger partial charge in [0, 0.05) is 13.0 Å². The summed E-state index contributed by atoms with van der Waals surface area (Å²) in [7, 11) is 0. The Bertz CT molecular complexity index is 1140. The molecule has 2 heterocycles. The molecule has 7 nitrogen and oxygen atoms in total. The second-order valence-corrected chi connectivity index (χ2v) is 6.55. The zero-order valence-corrected chi connectivity index (χ0v) is 14.9. The summed E-state index contributed by atoms with van der Waals surface area (Å²) in [5.41, 5.74) is 0.989. The average Bonchev–Trinajstić information content (AvgIpc) is 3.11. The van der Waals surface area contributed by atoms with E-state index in [1.54, 1.807) is 29.2 Å². The van der Waals surface area contributed by atoms with E-state index in [0.29, 0.717) is 29.9 Å². The van der Waals surface area contributed by atoms with Crippen molar-refractivity contribution >= 4 is 34.1 Å². The molecule has 2 aromatic carbocycles. The molecule has 0 aliphatic carbocycles. The molecule has 0 atom stereocenters. The van der Waals surface area contributed by atoms with Crippen LogP contribution in [0.4, 0.5) is 15.8 Å². The normalized spacial score (nSPS) is 13.9. The topological polar surface area (TPSA) is 84.3 Å². The van der Waals surface area contributed by atoms with Crippen molar-refractivity contribution in [3.05, 3.63) is 65.0 Å². The fraction of sp³-hybridized carbons (Fsp3) is 0.200. The lowest BCUT2D eigenvalue weighted by Crippen LogP contribution is -2.29. The summed E-state index contributed by atoms with van der Waals surface area (Å²) in [6, 6.07) is 10.8. The molecule has 1 aliphatic rings. The number of nitrogens with zero attached hydrogens (tertiary/aromatic N) is 3. The highest BCUT2D eigenvalue weighted by Gasteiger charge is 2.24. The molecule has 3 aromatic rings. The smallest absolute Gasteiger partial charge is 0.261 e. The SMILES string of the molecule is O=C(Cn1cnc2ccc(F)cc2c1=O)Nc1ccccc1N1CCCC1=O. The Morgan fingerprint density at radius 2 is 2.00 bits per heavy atom. The van der Waals surface area contributed by atoms with E-state index in [2.05, 4.69) is 10.3 Å². The van der Waals surface area contributed by atoms with Gasteiger partial charge in [-0.3, -0.25) is 19.0 Å². The number of hydrogen-bond donors (Lipinski definition) is 1. The van der Waals surface area contributed by atoms with E-state index in [9.17, 15) is 18.8 Å². The van der Waals surface area contributed by atoms with Crippen molar-refractivity contribution in [2.24, 2.45) is 0 Å². The summed E-state index contributed by atoms with van der Waals surface area (Å²) in [6.07, 6.45) is 2.52. The van der Waals surface area contributed by atoms with Gasteiger partial charge in [-0.05, 0) is 36.8 Å². The lowest BCUT2D eigenvalue weighted by atomic mass is 10.2. The van der Waals surface area contributed by atoms with Gasteiger partial charge in [0.15, 0.2) is 0 Å². The van der Waals surface area contributed by atoms with Gasteiger partial charge in [0.25, 0.3) is 5.56 Å². The maximum absolute atomic E-state index is 13.4. The van der Waals surface area contributed by atoms with Gasteiger partial charge in [-0.2, -0.15) is 0 Å². The van der Waals surface area contributed by atoms with Crippen LogP contribution in [0.2, 0.25) is 0 Å². The van der Waals surface area contributed by atoms with Crippen molar-refractivity contribution in [3.63, 3.8) is 0 Å². The van der Waals surface area contributed by atoms with Crippen LogP contribution in [0.5, 0.6) is 0 Å². The van der Waals surface area contributed by atoms with Gasteiger partial charge in [0.05, 0.1) is 28.6 Å². The summed E-state index contributed by atoms with van der Waals surface area (Å²) in [6.45, 7) is 0.325. The number of aromatic nitrogens is 2. The standard InChI is InChI=1S/C20H17FN4O3/c21-13-7-8-15-14(10-13)20(28)24(12-22-15)11-18(26)23-16-4-1-2-5-17(16)25-9-3-6-19(25)27/h1-2,4-5,7-8,10,12H,3,6,9,11H2,(H,23,26). The first-order chi connectivity index (χ1) is 13.5. The molecule has 142 valence electrons. The molecule has 0 bridgehead atoms. The van der Waals surface area contributed by atoms with Crippen molar-refractivity contribution in [2.75, 3.05) is 16.8 Å². The Hall–Kier alpha value is -3.55. The van der Waals surface area contributed by atoms with Crippen LogP contribution in [-0.4, -0.2) is 27.9 Å². The molecule has 8 heteroatoms. The zero-order valence-electron chi connectivity index (χ0n) is 14.9. The number of benzene rings is 2. The van der Waals surface area contributed by atoms with Crippen LogP contribution in [0.25, 0.3) is 10.9 Å². The molecule has 1 fully saturated rings. The molecule has 0 unspecified atom stereocenters. The van der Waals surface area contributed by atoms with Crippen molar-refractivity contribution in [3.8, 4) is 0 Å². The van der Waals surface area contributed by atoms with Gasteiger partial charge in [0.1, 0.15) is 12.4 Å². The Kier molecular flexibility index (Phi) is 4.60. The summed E-state index contributed by atoms with van der Waals surface area (Å²) in [5, 5.41) is 2.86. The molecule has 0 radical (unpaired) electrons. The Morgan fingerprint density at radius 3 is 2.79 bits per heavy atom. The Labute approximate surface area is 159 Å². The third-order valence-corrected chi connectivity index (χ3v) is 4.64. The molecular weight excluding hydrogens is 363 g/mol. The fourth-order valence-corrected chi connectivity index (χ4v) is 3.31. The second-order valence-electron chi connectivity index (χ2n) is 6.55. The number of halogens is 1. The third-order valence-electron chi connectivity index (χ3n) is 4.64. The number of hydrogen-bond acceptors (Lipinski definition) is 4. The fourth-order valence-electron chi connectivity index (χ4n) is 3.31. The number of anilines is 2. The highest BCUT2D eigenvalue weighted by molar-refractivity contribution is 6.02. The molecule has 1 aromatic heterocycles. The number of carbonyl (C=O) groups is 2. The van der Waals surface area contributed by atoms with Gasteiger partial charge in [-0.25, -0.2) is 9.37 Å². The third kappa shape index (κ3) is 3.36. The van der Waals surface area contributed by atoms with Gasteiger partial charge >= 0.3 is 0 Å². The van der Waals surface area contributed by atoms with Crippen molar-refractivity contribution in [2.45, 2.75) is 19.4 Å². The minimum atomic E-state index is -0.544. The van der Waals surface area contributed by atoms with Crippen molar-refractivity contribution in [1.29, 1.82) is 0 Å². The van der Waals surface area contributed by atoms with E-state index in [-0.39, 0.29) is 17.8 Å². The first-order valence-electron chi connectivity index (χ1n) is 8.87. The number of carbonyl (C=O) groups excluding carboxylic acids is 2. The van der Waals surface area contributed by atoms with Crippen molar-refractivity contribution in [1.82, 2.24) is 9.55 Å². The largest absolute Gasteiger partial charge is 0.323 e. The maximum Gasteiger partial charge on any atom is 0.261 e. The minimum Gasteiger partial charge on any atom is -0.323 e. The summed E-state index contributed by atoms with van der Waals surface area (Å²) in [4.78, 5) is 42.8. The Balaban J connectivity index is 1.58. The van der Waals surface area contributed by atoms with E-state index in [1.807, 2.05) is 0 Å². The molecule has 4 rings (SSSR count). The summed E-state index contributed by atoms with van der Waals surface area (Å²) >= 11 is 0. The molecule has 0 spiro atoms. The van der Waals surface area contributed by atoms with E-state index < -0.39 is 17.3 Å². The zero-order chi connectivity index (χ0) is 19.7. The maximum atomic E-state index is 13.4. The lowest BCUT2D eigenvalue weighted by molar-refractivity contribution is -0.117. The molecule has 0 saturated carbocycles. The van der Waals surface area contributed by atoms with Crippen LogP contribution in [0.15, 0.2) is 53.6 Å². The van der Waals surface area contributed by atoms with Gasteiger partial charge in [-0.1, -0.05) is 12.1 Å². The number of amides is 2. The first kappa shape index (κ1) is 17.8.